The van der Waals surface area contributed by atoms with Gasteiger partial charge in [0.1, 0.15) is 0 Å². The van der Waals surface area contributed by atoms with E-state index in [-0.39, 0.29) is 0 Å². The third-order valence-corrected chi connectivity index (χ3v) is 5.27. The minimum Gasteiger partial charge on any atom is -0.327 e. The molecule has 1 atom stereocenters. The highest BCUT2D eigenvalue weighted by Crippen LogP contribution is 2.39. The molecule has 1 fully saturated rings. The van der Waals surface area contributed by atoms with Crippen LogP contribution in [-0.2, 0) is 6.42 Å². The third-order valence-electron chi connectivity index (χ3n) is 5.27. The molecule has 0 amide bonds. The molecule has 0 spiro atoms. The normalized spacial score (nSPS) is 20.9. The van der Waals surface area contributed by atoms with Gasteiger partial charge in [-0.05, 0) is 80.9 Å². The average Bonchev–Trinajstić information content (AvgIpc) is 2.33. The Hall–Kier alpha value is -0.820. The fraction of sp³-hybridized carbons (Fsp3) is 0.684. The quantitative estimate of drug-likeness (QED) is 0.849. The summed E-state index contributed by atoms with van der Waals surface area (Å²) in [5.41, 5.74) is 12.7. The lowest BCUT2D eigenvalue weighted by molar-refractivity contribution is 0.173. The lowest BCUT2D eigenvalue weighted by Crippen LogP contribution is -2.36. The van der Waals surface area contributed by atoms with Crippen molar-refractivity contribution in [1.82, 2.24) is 0 Å². The van der Waals surface area contributed by atoms with Crippen LogP contribution in [-0.4, -0.2) is 6.04 Å². The second-order valence-corrected chi connectivity index (χ2v) is 7.75. The van der Waals surface area contributed by atoms with Gasteiger partial charge >= 0.3 is 0 Å². The van der Waals surface area contributed by atoms with Gasteiger partial charge in [0, 0.05) is 6.04 Å². The summed E-state index contributed by atoms with van der Waals surface area (Å²) in [6.45, 7) is 11.4. The van der Waals surface area contributed by atoms with Gasteiger partial charge in [-0.1, -0.05) is 31.5 Å². The fourth-order valence-corrected chi connectivity index (χ4v) is 3.78. The largest absolute Gasteiger partial charge is 0.327 e. The van der Waals surface area contributed by atoms with Crippen molar-refractivity contribution < 1.29 is 0 Å². The number of benzene rings is 1. The molecule has 0 radical (unpaired) electrons. The first-order valence-electron chi connectivity index (χ1n) is 8.11. The molecule has 0 heterocycles. The number of hydrogen-bond donors (Lipinski definition) is 1. The predicted octanol–water partition coefficient (Wildman–Crippen LogP) is 4.70. The van der Waals surface area contributed by atoms with Crippen LogP contribution in [0.25, 0.3) is 0 Å². The number of aryl methyl sites for hydroxylation is 3. The zero-order valence-corrected chi connectivity index (χ0v) is 13.9. The maximum atomic E-state index is 6.54. The van der Waals surface area contributed by atoms with Gasteiger partial charge in [-0.2, -0.15) is 0 Å². The van der Waals surface area contributed by atoms with Crippen LogP contribution in [0.3, 0.4) is 0 Å². The number of nitrogens with two attached hydrogens (primary N) is 1. The summed E-state index contributed by atoms with van der Waals surface area (Å²) in [6.07, 6.45) is 6.31. The van der Waals surface area contributed by atoms with E-state index in [1.54, 1.807) is 0 Å². The molecule has 1 aliphatic carbocycles. The van der Waals surface area contributed by atoms with Crippen LogP contribution >= 0.6 is 0 Å². The van der Waals surface area contributed by atoms with Gasteiger partial charge in [0.15, 0.2) is 0 Å². The van der Waals surface area contributed by atoms with Crippen LogP contribution in [0.2, 0.25) is 0 Å². The molecule has 0 saturated heterocycles. The van der Waals surface area contributed by atoms with Crippen LogP contribution in [0, 0.1) is 32.1 Å². The second kappa shape index (κ2) is 5.89. The van der Waals surface area contributed by atoms with Crippen molar-refractivity contribution in [3.63, 3.8) is 0 Å². The molecule has 1 saturated carbocycles. The average molecular weight is 273 g/mol. The molecule has 0 bridgehead atoms. The Morgan fingerprint density at radius 3 is 2.10 bits per heavy atom. The highest BCUT2D eigenvalue weighted by atomic mass is 14.7. The molecule has 20 heavy (non-hydrogen) atoms. The Labute approximate surface area is 125 Å². The van der Waals surface area contributed by atoms with E-state index in [4.69, 9.17) is 5.73 Å². The topological polar surface area (TPSA) is 26.0 Å². The molecule has 2 N–H and O–H groups in total. The van der Waals surface area contributed by atoms with Crippen molar-refractivity contribution in [3.8, 4) is 0 Å². The van der Waals surface area contributed by atoms with Gasteiger partial charge < -0.3 is 5.73 Å². The maximum Gasteiger partial charge on any atom is 0.0108 e. The number of rotatable bonds is 3. The highest BCUT2D eigenvalue weighted by Gasteiger charge is 2.30. The summed E-state index contributed by atoms with van der Waals surface area (Å²) < 4.78 is 0. The van der Waals surface area contributed by atoms with Gasteiger partial charge in [0.25, 0.3) is 0 Å². The molecule has 1 aliphatic rings. The lowest BCUT2D eigenvalue weighted by Gasteiger charge is -2.37. The van der Waals surface area contributed by atoms with Crippen LogP contribution in [0.15, 0.2) is 12.1 Å². The summed E-state index contributed by atoms with van der Waals surface area (Å²) >= 11 is 0. The Kier molecular flexibility index (Phi) is 4.59. The van der Waals surface area contributed by atoms with Gasteiger partial charge in [0.05, 0.1) is 0 Å². The standard InChI is InChI=1S/C19H31N/c1-13-10-14(2)17(15(3)11-13)12-18(20)16-6-8-19(4,5)9-7-16/h10-11,16,18H,6-9,12,20H2,1-5H3. The zero-order chi connectivity index (χ0) is 14.9. The van der Waals surface area contributed by atoms with E-state index in [2.05, 4.69) is 46.8 Å². The Bertz CT molecular complexity index is 440. The van der Waals surface area contributed by atoms with E-state index in [1.165, 1.54) is 47.9 Å². The maximum absolute atomic E-state index is 6.54. The lowest BCUT2D eigenvalue weighted by atomic mass is 9.70. The SMILES string of the molecule is Cc1cc(C)c(CC(N)C2CCC(C)(C)CC2)c(C)c1. The minimum atomic E-state index is 0.325. The smallest absolute Gasteiger partial charge is 0.0108 e. The molecule has 2 rings (SSSR count). The summed E-state index contributed by atoms with van der Waals surface area (Å²) in [5.74, 6) is 0.711. The first-order valence-corrected chi connectivity index (χ1v) is 8.11. The summed E-state index contributed by atoms with van der Waals surface area (Å²) in [6, 6.07) is 4.91. The molecular formula is C19H31N. The molecule has 1 heteroatoms. The van der Waals surface area contributed by atoms with Crippen molar-refractivity contribution in [1.29, 1.82) is 0 Å². The molecule has 1 aromatic carbocycles. The van der Waals surface area contributed by atoms with Gasteiger partial charge in [-0.15, -0.1) is 0 Å². The van der Waals surface area contributed by atoms with Crippen LogP contribution < -0.4 is 5.73 Å². The van der Waals surface area contributed by atoms with E-state index in [1.807, 2.05) is 0 Å². The molecule has 1 nitrogen and oxygen atoms in total. The van der Waals surface area contributed by atoms with Crippen LogP contribution in [0.4, 0.5) is 0 Å². The van der Waals surface area contributed by atoms with Crippen molar-refractivity contribution in [2.24, 2.45) is 17.1 Å². The molecule has 1 aromatic rings. The fourth-order valence-electron chi connectivity index (χ4n) is 3.78. The first kappa shape index (κ1) is 15.6. The summed E-state index contributed by atoms with van der Waals surface area (Å²) in [7, 11) is 0. The van der Waals surface area contributed by atoms with Crippen LogP contribution in [0.1, 0.15) is 61.8 Å². The number of hydrogen-bond acceptors (Lipinski definition) is 1. The monoisotopic (exact) mass is 273 g/mol. The van der Waals surface area contributed by atoms with Crippen LogP contribution in [0.5, 0.6) is 0 Å². The summed E-state index contributed by atoms with van der Waals surface area (Å²) in [4.78, 5) is 0. The van der Waals surface area contributed by atoms with Crippen molar-refractivity contribution in [2.75, 3.05) is 0 Å². The molecule has 112 valence electrons. The van der Waals surface area contributed by atoms with Crippen molar-refractivity contribution in [2.45, 2.75) is 72.8 Å². The highest BCUT2D eigenvalue weighted by molar-refractivity contribution is 5.38. The van der Waals surface area contributed by atoms with E-state index >= 15 is 0 Å². The third kappa shape index (κ3) is 3.63. The van der Waals surface area contributed by atoms with E-state index in [9.17, 15) is 0 Å². The van der Waals surface area contributed by atoms with Gasteiger partial charge in [-0.3, -0.25) is 0 Å². The van der Waals surface area contributed by atoms with E-state index in [0.29, 0.717) is 17.4 Å². The van der Waals surface area contributed by atoms with E-state index < -0.39 is 0 Å². The zero-order valence-electron chi connectivity index (χ0n) is 13.9. The predicted molar refractivity (Wildman–Crippen MR) is 88.1 cm³/mol. The van der Waals surface area contributed by atoms with Gasteiger partial charge in [0.2, 0.25) is 0 Å². The first-order chi connectivity index (χ1) is 9.28. The molecule has 0 aromatic heterocycles. The minimum absolute atomic E-state index is 0.325. The van der Waals surface area contributed by atoms with Crippen molar-refractivity contribution >= 4 is 0 Å². The molecule has 1 unspecified atom stereocenters. The van der Waals surface area contributed by atoms with E-state index in [0.717, 1.165) is 6.42 Å². The Morgan fingerprint density at radius 2 is 1.60 bits per heavy atom. The Morgan fingerprint density at radius 1 is 1.10 bits per heavy atom. The summed E-state index contributed by atoms with van der Waals surface area (Å²) in [5, 5.41) is 0. The van der Waals surface area contributed by atoms with Crippen molar-refractivity contribution in [3.05, 3.63) is 34.4 Å². The Balaban J connectivity index is 2.04. The molecule has 0 aliphatic heterocycles. The molecular weight excluding hydrogens is 242 g/mol. The van der Waals surface area contributed by atoms with Gasteiger partial charge in [-0.25, -0.2) is 0 Å². The second-order valence-electron chi connectivity index (χ2n) is 7.75.